The van der Waals surface area contributed by atoms with Gasteiger partial charge in [0.2, 0.25) is 5.43 Å². The van der Waals surface area contributed by atoms with Crippen LogP contribution in [0.4, 0.5) is 4.39 Å². The van der Waals surface area contributed by atoms with E-state index in [0.717, 1.165) is 5.56 Å². The molecule has 0 bridgehead atoms. The van der Waals surface area contributed by atoms with Crippen LogP contribution in [0.2, 0.25) is 0 Å². The van der Waals surface area contributed by atoms with Gasteiger partial charge in [0.1, 0.15) is 24.7 Å². The van der Waals surface area contributed by atoms with Crippen molar-refractivity contribution in [2.75, 3.05) is 13.2 Å². The highest BCUT2D eigenvalue weighted by atomic mass is 19.1. The molecule has 8 heteroatoms. The molecule has 4 rings (SSSR count). The number of hydrogen-bond acceptors (Lipinski definition) is 5. The van der Waals surface area contributed by atoms with Crippen LogP contribution in [0.1, 0.15) is 34.7 Å². The highest BCUT2D eigenvalue weighted by Gasteiger charge is 2.20. The van der Waals surface area contributed by atoms with Crippen LogP contribution in [0.3, 0.4) is 0 Å². The van der Waals surface area contributed by atoms with Crippen LogP contribution < -0.4 is 20.2 Å². The average molecular weight is 409 g/mol. The summed E-state index contributed by atoms with van der Waals surface area (Å²) in [6, 6.07) is 12.3. The number of fused-ring (bicyclic) bond motifs is 1. The van der Waals surface area contributed by atoms with Crippen molar-refractivity contribution in [3.63, 3.8) is 0 Å². The molecule has 0 saturated heterocycles. The minimum absolute atomic E-state index is 0.156. The molecule has 0 fully saturated rings. The molecule has 154 valence electrons. The number of aryl methyl sites for hydroxylation is 1. The van der Waals surface area contributed by atoms with Gasteiger partial charge in [-0.15, -0.1) is 0 Å². The van der Waals surface area contributed by atoms with Crippen LogP contribution in [-0.2, 0) is 0 Å². The van der Waals surface area contributed by atoms with Gasteiger partial charge in [-0.1, -0.05) is 18.2 Å². The lowest BCUT2D eigenvalue weighted by atomic mass is 10.1. The van der Waals surface area contributed by atoms with Crippen molar-refractivity contribution in [2.24, 2.45) is 0 Å². The quantitative estimate of drug-likeness (QED) is 0.717. The van der Waals surface area contributed by atoms with E-state index in [4.69, 9.17) is 9.47 Å². The van der Waals surface area contributed by atoms with Gasteiger partial charge in [-0.05, 0) is 43.7 Å². The fourth-order valence-electron chi connectivity index (χ4n) is 3.25. The predicted molar refractivity (Wildman–Crippen MR) is 108 cm³/mol. The van der Waals surface area contributed by atoms with Crippen molar-refractivity contribution >= 4 is 5.91 Å². The monoisotopic (exact) mass is 409 g/mol. The van der Waals surface area contributed by atoms with E-state index in [1.807, 2.05) is 6.07 Å². The van der Waals surface area contributed by atoms with E-state index in [2.05, 4.69) is 10.4 Å². The number of rotatable bonds is 4. The summed E-state index contributed by atoms with van der Waals surface area (Å²) in [4.78, 5) is 25.2. The Bertz CT molecular complexity index is 1180. The number of hydrogen-bond donors (Lipinski definition) is 1. The van der Waals surface area contributed by atoms with Gasteiger partial charge in [-0.3, -0.25) is 9.59 Å². The van der Waals surface area contributed by atoms with Crippen molar-refractivity contribution < 1.29 is 18.7 Å². The molecular weight excluding hydrogens is 389 g/mol. The molecule has 1 aliphatic heterocycles. The van der Waals surface area contributed by atoms with E-state index in [9.17, 15) is 14.0 Å². The lowest BCUT2D eigenvalue weighted by molar-refractivity contribution is 0.0931. The first-order chi connectivity index (χ1) is 14.4. The first-order valence-electron chi connectivity index (χ1n) is 9.50. The highest BCUT2D eigenvalue weighted by Crippen LogP contribution is 2.32. The third-order valence-electron chi connectivity index (χ3n) is 4.82. The molecule has 3 aromatic rings. The molecule has 0 aliphatic carbocycles. The SMILES string of the molecule is Cc1cc(=O)c(C(=O)NC(C)c2ccc3c(c2)OCCO3)nn1-c1ccccc1F. The second-order valence-electron chi connectivity index (χ2n) is 6.96. The Labute approximate surface area is 172 Å². The van der Waals surface area contributed by atoms with Gasteiger partial charge in [-0.2, -0.15) is 5.10 Å². The van der Waals surface area contributed by atoms with Crippen LogP contribution in [0, 0.1) is 12.7 Å². The van der Waals surface area contributed by atoms with Crippen molar-refractivity contribution in [1.82, 2.24) is 15.1 Å². The fraction of sp³-hybridized carbons (Fsp3) is 0.227. The number of halogens is 1. The molecule has 0 radical (unpaired) electrons. The minimum Gasteiger partial charge on any atom is -0.486 e. The van der Waals surface area contributed by atoms with Gasteiger partial charge < -0.3 is 14.8 Å². The molecule has 0 saturated carbocycles. The maximum atomic E-state index is 14.2. The molecule has 2 aromatic carbocycles. The van der Waals surface area contributed by atoms with Gasteiger partial charge in [0.05, 0.1) is 6.04 Å². The normalized spacial score (nSPS) is 13.6. The van der Waals surface area contributed by atoms with Gasteiger partial charge in [0.25, 0.3) is 5.91 Å². The number of para-hydroxylation sites is 1. The second kappa shape index (κ2) is 7.98. The maximum absolute atomic E-state index is 14.2. The third kappa shape index (κ3) is 3.76. The highest BCUT2D eigenvalue weighted by molar-refractivity contribution is 5.92. The summed E-state index contributed by atoms with van der Waals surface area (Å²) in [5, 5.41) is 6.90. The Morgan fingerprint density at radius 1 is 1.13 bits per heavy atom. The van der Waals surface area contributed by atoms with Crippen LogP contribution in [0.15, 0.2) is 53.3 Å². The zero-order valence-electron chi connectivity index (χ0n) is 16.5. The molecule has 1 unspecified atom stereocenters. The Balaban J connectivity index is 1.61. The third-order valence-corrected chi connectivity index (χ3v) is 4.82. The number of aromatic nitrogens is 2. The van der Waals surface area contributed by atoms with E-state index in [-0.39, 0.29) is 11.4 Å². The molecular formula is C22H20FN3O4. The summed E-state index contributed by atoms with van der Waals surface area (Å²) in [5.74, 6) is 0.104. The van der Waals surface area contributed by atoms with E-state index in [1.54, 1.807) is 38.1 Å². The molecule has 1 aliphatic rings. The average Bonchev–Trinajstić information content (AvgIpc) is 2.74. The molecule has 0 spiro atoms. The van der Waals surface area contributed by atoms with Crippen molar-refractivity contribution in [2.45, 2.75) is 19.9 Å². The number of carbonyl (C=O) groups is 1. The van der Waals surface area contributed by atoms with Gasteiger partial charge >= 0.3 is 0 Å². The summed E-state index contributed by atoms with van der Waals surface area (Å²) >= 11 is 0. The Morgan fingerprint density at radius 2 is 1.87 bits per heavy atom. The number of carbonyl (C=O) groups excluding carboxylic acids is 1. The summed E-state index contributed by atoms with van der Waals surface area (Å²) < 4.78 is 26.5. The number of nitrogens with one attached hydrogen (secondary N) is 1. The van der Waals surface area contributed by atoms with Gasteiger partial charge in [-0.25, -0.2) is 9.07 Å². The molecule has 1 aromatic heterocycles. The second-order valence-corrected chi connectivity index (χ2v) is 6.96. The summed E-state index contributed by atoms with van der Waals surface area (Å²) in [6.07, 6.45) is 0. The van der Waals surface area contributed by atoms with E-state index in [0.29, 0.717) is 30.4 Å². The molecule has 7 nitrogen and oxygen atoms in total. The first-order valence-corrected chi connectivity index (χ1v) is 9.50. The van der Waals surface area contributed by atoms with Crippen molar-refractivity contribution in [1.29, 1.82) is 0 Å². The Morgan fingerprint density at radius 3 is 2.63 bits per heavy atom. The summed E-state index contributed by atoms with van der Waals surface area (Å²) in [5.41, 5.74) is 0.514. The zero-order valence-corrected chi connectivity index (χ0v) is 16.5. The summed E-state index contributed by atoms with van der Waals surface area (Å²) in [7, 11) is 0. The van der Waals surface area contributed by atoms with Crippen LogP contribution in [-0.4, -0.2) is 28.9 Å². The van der Waals surface area contributed by atoms with Crippen LogP contribution >= 0.6 is 0 Å². The predicted octanol–water partition coefficient (Wildman–Crippen LogP) is 2.94. The number of benzene rings is 2. The van der Waals surface area contributed by atoms with E-state index in [1.165, 1.54) is 22.9 Å². The van der Waals surface area contributed by atoms with Gasteiger partial charge in [0.15, 0.2) is 17.2 Å². The molecule has 1 amide bonds. The zero-order chi connectivity index (χ0) is 21.3. The topological polar surface area (TPSA) is 82.5 Å². The number of ether oxygens (including phenoxy) is 2. The Hall–Kier alpha value is -3.68. The maximum Gasteiger partial charge on any atom is 0.276 e. The van der Waals surface area contributed by atoms with Crippen LogP contribution in [0.5, 0.6) is 11.5 Å². The van der Waals surface area contributed by atoms with Crippen molar-refractivity contribution in [3.05, 3.63) is 81.5 Å². The fourth-order valence-corrected chi connectivity index (χ4v) is 3.25. The van der Waals surface area contributed by atoms with E-state index >= 15 is 0 Å². The Kier molecular flexibility index (Phi) is 5.22. The molecule has 1 atom stereocenters. The lowest BCUT2D eigenvalue weighted by Crippen LogP contribution is -2.33. The standard InChI is InChI=1S/C22H20FN3O4/c1-13-11-18(27)21(25-26(13)17-6-4-3-5-16(17)23)22(28)24-14(2)15-7-8-19-20(12-15)30-10-9-29-19/h3-8,11-12,14H,9-10H2,1-2H3,(H,24,28). The first kappa shape index (κ1) is 19.6. The number of nitrogens with zero attached hydrogens (tertiary/aromatic N) is 2. The minimum atomic E-state index is -0.646. The van der Waals surface area contributed by atoms with E-state index < -0.39 is 23.2 Å². The van der Waals surface area contributed by atoms with Crippen molar-refractivity contribution in [3.8, 4) is 17.2 Å². The lowest BCUT2D eigenvalue weighted by Gasteiger charge is -2.21. The largest absolute Gasteiger partial charge is 0.486 e. The summed E-state index contributed by atoms with van der Waals surface area (Å²) in [6.45, 7) is 4.36. The molecule has 30 heavy (non-hydrogen) atoms. The molecule has 1 N–H and O–H groups in total. The van der Waals surface area contributed by atoms with Crippen LogP contribution in [0.25, 0.3) is 5.69 Å². The smallest absolute Gasteiger partial charge is 0.276 e. The number of amides is 1. The van der Waals surface area contributed by atoms with Gasteiger partial charge in [0, 0.05) is 11.8 Å². The molecule has 2 heterocycles.